The molecule has 0 radical (unpaired) electrons. The van der Waals surface area contributed by atoms with E-state index in [0.717, 1.165) is 16.8 Å². The van der Waals surface area contributed by atoms with Crippen LogP contribution in [0.1, 0.15) is 44.0 Å². The number of rotatable bonds is 5. The first-order valence-electron chi connectivity index (χ1n) is 9.78. The Bertz CT molecular complexity index is 1090. The molecule has 1 aliphatic carbocycles. The van der Waals surface area contributed by atoms with Crippen LogP contribution in [-0.4, -0.2) is 25.8 Å². The normalized spacial score (nSPS) is 13.9. The smallest absolute Gasteiger partial charge is 0.331 e. The van der Waals surface area contributed by atoms with Gasteiger partial charge >= 0.3 is 5.97 Å². The van der Waals surface area contributed by atoms with Gasteiger partial charge in [0.05, 0.1) is 5.69 Å². The summed E-state index contributed by atoms with van der Waals surface area (Å²) in [6, 6.07) is 16.8. The number of hydrogen-bond acceptors (Lipinski definition) is 3. The summed E-state index contributed by atoms with van der Waals surface area (Å²) in [5, 5.41) is 13.7. The monoisotopic (exact) mass is 385 g/mol. The minimum atomic E-state index is -0.882. The van der Waals surface area contributed by atoms with Gasteiger partial charge in [-0.2, -0.15) is 0 Å². The van der Waals surface area contributed by atoms with Gasteiger partial charge in [-0.3, -0.25) is 0 Å². The van der Waals surface area contributed by atoms with E-state index in [-0.39, 0.29) is 0 Å². The maximum absolute atomic E-state index is 11.2. The predicted octanol–water partition coefficient (Wildman–Crippen LogP) is 5.25. The van der Waals surface area contributed by atoms with Crippen molar-refractivity contribution in [1.29, 1.82) is 0 Å². The highest BCUT2D eigenvalue weighted by Crippen LogP contribution is 2.25. The lowest BCUT2D eigenvalue weighted by atomic mass is 9.99. The van der Waals surface area contributed by atoms with Crippen molar-refractivity contribution < 1.29 is 9.90 Å². The molecule has 0 saturated carbocycles. The maximum atomic E-state index is 11.2. The number of aliphatic carboxylic acids is 1. The number of nitrogens with zero attached hydrogens (tertiary/aromatic N) is 3. The first-order chi connectivity index (χ1) is 14.0. The fourth-order valence-corrected chi connectivity index (χ4v) is 3.41. The number of carboxylic acids is 1. The fourth-order valence-electron chi connectivity index (χ4n) is 3.41. The molecule has 29 heavy (non-hydrogen) atoms. The van der Waals surface area contributed by atoms with Gasteiger partial charge in [0.2, 0.25) is 0 Å². The van der Waals surface area contributed by atoms with E-state index in [1.54, 1.807) is 17.1 Å². The Balaban J connectivity index is 1.54. The van der Waals surface area contributed by atoms with Crippen molar-refractivity contribution in [3.05, 3.63) is 84.0 Å². The molecular weight excluding hydrogens is 362 g/mol. The lowest BCUT2D eigenvalue weighted by Gasteiger charge is -2.08. The topological polar surface area (TPSA) is 68.0 Å². The second kappa shape index (κ2) is 7.87. The Labute approximate surface area is 170 Å². The van der Waals surface area contributed by atoms with Crippen molar-refractivity contribution in [3.63, 3.8) is 0 Å². The lowest BCUT2D eigenvalue weighted by Crippen LogP contribution is -2.04. The van der Waals surface area contributed by atoms with Crippen LogP contribution in [0.4, 0.5) is 0 Å². The molecule has 1 heterocycles. The molecule has 2 aromatic carbocycles. The average molecular weight is 385 g/mol. The van der Waals surface area contributed by atoms with E-state index in [1.807, 2.05) is 18.2 Å². The van der Waals surface area contributed by atoms with Crippen LogP contribution >= 0.6 is 0 Å². The SMILES string of the molecule is CC(C)c1ccc(-c2ccc(-n3cnc(C4=CCCC(C(=O)O)=C4)n3)cc2)cc1. The highest BCUT2D eigenvalue weighted by Gasteiger charge is 2.15. The molecule has 0 bridgehead atoms. The average Bonchev–Trinajstić information content (AvgIpc) is 3.24. The van der Waals surface area contributed by atoms with E-state index in [1.165, 1.54) is 11.1 Å². The molecular formula is C24H23N3O2. The van der Waals surface area contributed by atoms with Crippen LogP contribution in [0.25, 0.3) is 22.4 Å². The third-order valence-electron chi connectivity index (χ3n) is 5.17. The van der Waals surface area contributed by atoms with Gasteiger partial charge in [0.25, 0.3) is 0 Å². The quantitative estimate of drug-likeness (QED) is 0.652. The van der Waals surface area contributed by atoms with Crippen molar-refractivity contribution in [3.8, 4) is 16.8 Å². The number of hydrogen-bond donors (Lipinski definition) is 1. The predicted molar refractivity (Wildman–Crippen MR) is 114 cm³/mol. The van der Waals surface area contributed by atoms with Crippen LogP contribution in [0.15, 0.2) is 72.6 Å². The summed E-state index contributed by atoms with van der Waals surface area (Å²) in [6.45, 7) is 4.38. The molecule has 0 fully saturated rings. The van der Waals surface area contributed by atoms with E-state index in [4.69, 9.17) is 0 Å². The van der Waals surface area contributed by atoms with Gasteiger partial charge in [-0.15, -0.1) is 5.10 Å². The zero-order valence-electron chi connectivity index (χ0n) is 16.5. The van der Waals surface area contributed by atoms with Crippen LogP contribution in [0, 0.1) is 0 Å². The van der Waals surface area contributed by atoms with Crippen molar-refractivity contribution in [2.24, 2.45) is 0 Å². The fraction of sp³-hybridized carbons (Fsp3) is 0.208. The van der Waals surface area contributed by atoms with Gasteiger partial charge in [0.15, 0.2) is 5.82 Å². The summed E-state index contributed by atoms with van der Waals surface area (Å²) in [6.07, 6.45) is 6.53. The molecule has 0 spiro atoms. The largest absolute Gasteiger partial charge is 0.478 e. The van der Waals surface area contributed by atoms with Crippen molar-refractivity contribution in [2.45, 2.75) is 32.6 Å². The van der Waals surface area contributed by atoms with Crippen LogP contribution in [0.5, 0.6) is 0 Å². The van der Waals surface area contributed by atoms with Gasteiger partial charge in [-0.05, 0) is 53.7 Å². The molecule has 146 valence electrons. The summed E-state index contributed by atoms with van der Waals surface area (Å²) in [5.41, 5.74) is 5.72. The minimum absolute atomic E-state index is 0.395. The number of aromatic nitrogens is 3. The van der Waals surface area contributed by atoms with Crippen molar-refractivity contribution in [1.82, 2.24) is 14.8 Å². The summed E-state index contributed by atoms with van der Waals surface area (Å²) in [5.74, 6) is 0.178. The Morgan fingerprint density at radius 1 is 1.03 bits per heavy atom. The van der Waals surface area contributed by atoms with Crippen molar-refractivity contribution in [2.75, 3.05) is 0 Å². The molecule has 0 saturated heterocycles. The molecule has 3 aromatic rings. The summed E-state index contributed by atoms with van der Waals surface area (Å²) >= 11 is 0. The Kier molecular flexibility index (Phi) is 5.12. The Morgan fingerprint density at radius 2 is 1.69 bits per heavy atom. The van der Waals surface area contributed by atoms with E-state index in [2.05, 4.69) is 60.3 Å². The van der Waals surface area contributed by atoms with Gasteiger partial charge in [-0.1, -0.05) is 56.3 Å². The highest BCUT2D eigenvalue weighted by molar-refractivity contribution is 5.91. The maximum Gasteiger partial charge on any atom is 0.331 e. The molecule has 0 atom stereocenters. The van der Waals surface area contributed by atoms with Gasteiger partial charge in [-0.25, -0.2) is 14.5 Å². The van der Waals surface area contributed by atoms with Crippen molar-refractivity contribution >= 4 is 11.5 Å². The second-order valence-corrected chi connectivity index (χ2v) is 7.51. The molecule has 0 unspecified atom stereocenters. The molecule has 0 amide bonds. The highest BCUT2D eigenvalue weighted by atomic mass is 16.4. The lowest BCUT2D eigenvalue weighted by molar-refractivity contribution is -0.132. The molecule has 5 heteroatoms. The number of carboxylic acid groups (broad SMARTS) is 1. The third-order valence-corrected chi connectivity index (χ3v) is 5.17. The van der Waals surface area contributed by atoms with Crippen LogP contribution in [-0.2, 0) is 4.79 Å². The number of benzene rings is 2. The second-order valence-electron chi connectivity index (χ2n) is 7.51. The van der Waals surface area contributed by atoms with Crippen LogP contribution in [0.2, 0.25) is 0 Å². The molecule has 1 aliphatic rings. The summed E-state index contributed by atoms with van der Waals surface area (Å²) in [4.78, 5) is 15.6. The number of allylic oxidation sites excluding steroid dienone is 3. The molecule has 1 aromatic heterocycles. The van der Waals surface area contributed by atoms with E-state index >= 15 is 0 Å². The first kappa shape index (κ1) is 18.9. The molecule has 1 N–H and O–H groups in total. The van der Waals surface area contributed by atoms with E-state index in [0.29, 0.717) is 30.2 Å². The van der Waals surface area contributed by atoms with Crippen LogP contribution < -0.4 is 0 Å². The standard InChI is InChI=1S/C24H23N3O2/c1-16(2)17-6-8-18(9-7-17)19-10-12-22(13-11-19)27-15-25-23(26-27)20-4-3-5-21(14-20)24(28)29/h4,6-16H,3,5H2,1-2H3,(H,28,29). The Hall–Kier alpha value is -3.47. The number of carbonyl (C=O) groups is 1. The molecule has 5 nitrogen and oxygen atoms in total. The summed E-state index contributed by atoms with van der Waals surface area (Å²) < 4.78 is 1.71. The third kappa shape index (κ3) is 4.04. The minimum Gasteiger partial charge on any atom is -0.478 e. The van der Waals surface area contributed by atoms with Gasteiger partial charge in [0, 0.05) is 11.1 Å². The Morgan fingerprint density at radius 3 is 2.31 bits per heavy atom. The van der Waals surface area contributed by atoms with Gasteiger partial charge in [0.1, 0.15) is 6.33 Å². The van der Waals surface area contributed by atoms with Gasteiger partial charge < -0.3 is 5.11 Å². The zero-order valence-corrected chi connectivity index (χ0v) is 16.5. The van der Waals surface area contributed by atoms with Crippen LogP contribution in [0.3, 0.4) is 0 Å². The zero-order chi connectivity index (χ0) is 20.4. The van der Waals surface area contributed by atoms with E-state index < -0.39 is 5.97 Å². The summed E-state index contributed by atoms with van der Waals surface area (Å²) in [7, 11) is 0. The molecule has 0 aliphatic heterocycles. The molecule has 4 rings (SSSR count). The van der Waals surface area contributed by atoms with E-state index in [9.17, 15) is 9.90 Å². The first-order valence-corrected chi connectivity index (χ1v) is 9.78.